The van der Waals surface area contributed by atoms with Gasteiger partial charge in [0, 0.05) is 17.9 Å². The van der Waals surface area contributed by atoms with Crippen LogP contribution < -0.4 is 0 Å². The van der Waals surface area contributed by atoms with Crippen LogP contribution in [0.1, 0.15) is 20.8 Å². The average molecular weight is 300 g/mol. The fourth-order valence-electron chi connectivity index (χ4n) is 1.51. The molecule has 2 atom stereocenters. The minimum atomic E-state index is -3.16. The molecule has 0 N–H and O–H groups in total. The summed E-state index contributed by atoms with van der Waals surface area (Å²) >= 11 is 3.32. The average Bonchev–Trinajstić information content (AvgIpc) is 2.18. The van der Waals surface area contributed by atoms with Crippen molar-refractivity contribution in [1.82, 2.24) is 4.31 Å². The normalized spacial score (nSPS) is 29.7. The highest BCUT2D eigenvalue weighted by Gasteiger charge is 2.35. The SMILES string of the molecule is CC1COC(CBr)CN1S(=O)(=O)C(C)C. The third-order valence-corrected chi connectivity index (χ3v) is 5.62. The van der Waals surface area contributed by atoms with E-state index >= 15 is 0 Å². The maximum atomic E-state index is 12.0. The largest absolute Gasteiger partial charge is 0.374 e. The molecule has 0 aromatic heterocycles. The van der Waals surface area contributed by atoms with Gasteiger partial charge in [0.2, 0.25) is 10.0 Å². The van der Waals surface area contributed by atoms with Crippen LogP contribution in [-0.2, 0) is 14.8 Å². The zero-order valence-corrected chi connectivity index (χ0v) is 11.7. The van der Waals surface area contributed by atoms with Crippen LogP contribution in [0, 0.1) is 0 Å². The standard InChI is InChI=1S/C9H18BrNO3S/c1-7(2)15(12,13)11-5-9(4-10)14-6-8(11)3/h7-9H,4-6H2,1-3H3. The maximum absolute atomic E-state index is 12.0. The lowest BCUT2D eigenvalue weighted by atomic mass is 10.2. The fourth-order valence-corrected chi connectivity index (χ4v) is 3.38. The first-order valence-electron chi connectivity index (χ1n) is 5.07. The van der Waals surface area contributed by atoms with Gasteiger partial charge in [0.05, 0.1) is 18.0 Å². The monoisotopic (exact) mass is 299 g/mol. The first kappa shape index (κ1) is 13.4. The number of halogens is 1. The van der Waals surface area contributed by atoms with Crippen LogP contribution in [0.3, 0.4) is 0 Å². The fraction of sp³-hybridized carbons (Fsp3) is 1.00. The quantitative estimate of drug-likeness (QED) is 0.736. The van der Waals surface area contributed by atoms with Gasteiger partial charge in [0.1, 0.15) is 0 Å². The summed E-state index contributed by atoms with van der Waals surface area (Å²) in [5, 5.41) is 0.304. The van der Waals surface area contributed by atoms with Gasteiger partial charge in [-0.2, -0.15) is 4.31 Å². The Bertz CT molecular complexity index is 304. The third-order valence-electron chi connectivity index (χ3n) is 2.54. The van der Waals surface area contributed by atoms with Crippen molar-refractivity contribution in [3.63, 3.8) is 0 Å². The molecule has 1 aliphatic heterocycles. The van der Waals surface area contributed by atoms with Crippen LogP contribution in [0.2, 0.25) is 0 Å². The van der Waals surface area contributed by atoms with Crippen molar-refractivity contribution in [2.45, 2.75) is 38.2 Å². The molecule has 4 nitrogen and oxygen atoms in total. The summed E-state index contributed by atoms with van der Waals surface area (Å²) in [7, 11) is -3.16. The number of alkyl halides is 1. The number of ether oxygens (including phenoxy) is 1. The highest BCUT2D eigenvalue weighted by molar-refractivity contribution is 9.09. The Morgan fingerprint density at radius 1 is 1.53 bits per heavy atom. The summed E-state index contributed by atoms with van der Waals surface area (Å²) in [4.78, 5) is 0. The van der Waals surface area contributed by atoms with Crippen molar-refractivity contribution in [2.24, 2.45) is 0 Å². The molecule has 0 spiro atoms. The Hall–Kier alpha value is 0.350. The molecule has 1 aliphatic rings. The van der Waals surface area contributed by atoms with E-state index in [2.05, 4.69) is 15.9 Å². The number of sulfonamides is 1. The van der Waals surface area contributed by atoms with Crippen molar-refractivity contribution in [2.75, 3.05) is 18.5 Å². The van der Waals surface area contributed by atoms with E-state index in [-0.39, 0.29) is 17.4 Å². The molecule has 1 saturated heterocycles. The first-order chi connectivity index (χ1) is 6.89. The highest BCUT2D eigenvalue weighted by atomic mass is 79.9. The summed E-state index contributed by atoms with van der Waals surface area (Å²) in [5.74, 6) is 0. The van der Waals surface area contributed by atoms with Crippen molar-refractivity contribution >= 4 is 26.0 Å². The molecule has 1 heterocycles. The lowest BCUT2D eigenvalue weighted by molar-refractivity contribution is -0.0141. The number of hydrogen-bond donors (Lipinski definition) is 0. The van der Waals surface area contributed by atoms with Crippen molar-refractivity contribution < 1.29 is 13.2 Å². The Morgan fingerprint density at radius 3 is 2.60 bits per heavy atom. The molecule has 0 aromatic carbocycles. The summed E-state index contributed by atoms with van der Waals surface area (Å²) in [6, 6.07) is -0.0623. The molecule has 1 rings (SSSR count). The molecular weight excluding hydrogens is 282 g/mol. The van der Waals surface area contributed by atoms with E-state index in [1.165, 1.54) is 0 Å². The Labute approximate surface area is 100 Å². The number of nitrogens with zero attached hydrogens (tertiary/aromatic N) is 1. The van der Waals surface area contributed by atoms with Gasteiger partial charge < -0.3 is 4.74 Å². The van der Waals surface area contributed by atoms with Gasteiger partial charge in [-0.1, -0.05) is 15.9 Å². The van der Waals surface area contributed by atoms with Gasteiger partial charge in [-0.3, -0.25) is 0 Å². The Balaban J connectivity index is 2.83. The second-order valence-electron chi connectivity index (χ2n) is 4.12. The van der Waals surface area contributed by atoms with Gasteiger partial charge in [0.15, 0.2) is 0 Å². The second-order valence-corrected chi connectivity index (χ2v) is 7.21. The van der Waals surface area contributed by atoms with Gasteiger partial charge in [-0.25, -0.2) is 8.42 Å². The van der Waals surface area contributed by atoms with Crippen LogP contribution in [0.4, 0.5) is 0 Å². The Morgan fingerprint density at radius 2 is 2.13 bits per heavy atom. The molecular formula is C9H18BrNO3S. The molecule has 0 bridgehead atoms. The first-order valence-corrected chi connectivity index (χ1v) is 7.70. The molecule has 0 saturated carbocycles. The summed E-state index contributed by atoms with van der Waals surface area (Å²) in [6.45, 7) is 6.22. The molecule has 1 fully saturated rings. The number of rotatable bonds is 3. The van der Waals surface area contributed by atoms with Gasteiger partial charge in [-0.15, -0.1) is 0 Å². The lowest BCUT2D eigenvalue weighted by Crippen LogP contribution is -2.53. The van der Waals surface area contributed by atoms with Crippen LogP contribution in [0.15, 0.2) is 0 Å². The van der Waals surface area contributed by atoms with E-state index in [1.54, 1.807) is 18.2 Å². The molecule has 6 heteroatoms. The van der Waals surface area contributed by atoms with Crippen LogP contribution >= 0.6 is 15.9 Å². The minimum absolute atomic E-state index is 0.0327. The molecule has 0 aliphatic carbocycles. The minimum Gasteiger partial charge on any atom is -0.374 e. The summed E-state index contributed by atoms with van der Waals surface area (Å²) in [5.41, 5.74) is 0. The Kier molecular flexibility index (Phi) is 4.58. The zero-order chi connectivity index (χ0) is 11.6. The maximum Gasteiger partial charge on any atom is 0.216 e. The van der Waals surface area contributed by atoms with E-state index in [1.807, 2.05) is 6.92 Å². The van der Waals surface area contributed by atoms with Gasteiger partial charge >= 0.3 is 0 Å². The predicted molar refractivity (Wildman–Crippen MR) is 63.8 cm³/mol. The molecule has 0 amide bonds. The molecule has 0 aromatic rings. The van der Waals surface area contributed by atoms with E-state index < -0.39 is 10.0 Å². The highest BCUT2D eigenvalue weighted by Crippen LogP contribution is 2.19. The molecule has 0 radical (unpaired) electrons. The van der Waals surface area contributed by atoms with E-state index in [0.717, 1.165) is 0 Å². The summed E-state index contributed by atoms with van der Waals surface area (Å²) in [6.07, 6.45) is -0.0327. The van der Waals surface area contributed by atoms with Crippen LogP contribution in [-0.4, -0.2) is 48.6 Å². The molecule has 15 heavy (non-hydrogen) atoms. The van der Waals surface area contributed by atoms with Crippen LogP contribution in [0.25, 0.3) is 0 Å². The zero-order valence-electron chi connectivity index (χ0n) is 9.31. The van der Waals surface area contributed by atoms with Gasteiger partial charge in [-0.05, 0) is 20.8 Å². The molecule has 90 valence electrons. The third kappa shape index (κ3) is 2.93. The number of morpholine rings is 1. The predicted octanol–water partition coefficient (Wildman–Crippen LogP) is 1.21. The lowest BCUT2D eigenvalue weighted by Gasteiger charge is -2.37. The topological polar surface area (TPSA) is 46.6 Å². The van der Waals surface area contributed by atoms with E-state index in [9.17, 15) is 8.42 Å². The number of hydrogen-bond acceptors (Lipinski definition) is 3. The van der Waals surface area contributed by atoms with E-state index in [4.69, 9.17) is 4.74 Å². The molecule has 2 unspecified atom stereocenters. The van der Waals surface area contributed by atoms with Crippen molar-refractivity contribution in [3.8, 4) is 0 Å². The van der Waals surface area contributed by atoms with Crippen molar-refractivity contribution in [1.29, 1.82) is 0 Å². The van der Waals surface area contributed by atoms with Crippen LogP contribution in [0.5, 0.6) is 0 Å². The smallest absolute Gasteiger partial charge is 0.216 e. The van der Waals surface area contributed by atoms with Gasteiger partial charge in [0.25, 0.3) is 0 Å². The second kappa shape index (κ2) is 5.12. The van der Waals surface area contributed by atoms with E-state index in [0.29, 0.717) is 18.5 Å². The summed E-state index contributed by atoms with van der Waals surface area (Å²) < 4.78 is 31.1. The van der Waals surface area contributed by atoms with Crippen molar-refractivity contribution in [3.05, 3.63) is 0 Å².